The summed E-state index contributed by atoms with van der Waals surface area (Å²) in [5, 5.41) is 27.9. The summed E-state index contributed by atoms with van der Waals surface area (Å²) in [7, 11) is 0. The lowest BCUT2D eigenvalue weighted by molar-refractivity contribution is 0.0696. The summed E-state index contributed by atoms with van der Waals surface area (Å²) in [4.78, 5) is 22.3. The molecule has 0 saturated carbocycles. The molecule has 3 aromatic rings. The molecule has 3 rings (SSSR count). The maximum atomic E-state index is 11.1. The molecule has 0 spiro atoms. The van der Waals surface area contributed by atoms with Crippen molar-refractivity contribution in [2.75, 3.05) is 5.73 Å². The Kier molecular flexibility index (Phi) is 4.13. The van der Waals surface area contributed by atoms with Crippen molar-refractivity contribution in [3.8, 4) is 0 Å². The van der Waals surface area contributed by atoms with Gasteiger partial charge in [0.1, 0.15) is 0 Å². The van der Waals surface area contributed by atoms with Crippen molar-refractivity contribution in [2.45, 2.75) is 0 Å². The average Bonchev–Trinajstić information content (AvgIpc) is 2.61. The second-order valence-electron chi connectivity index (χ2n) is 5.30. The van der Waals surface area contributed by atoms with Crippen LogP contribution < -0.4 is 5.73 Å². The third-order valence-corrected chi connectivity index (χ3v) is 3.62. The molecule has 0 atom stereocenters. The molecule has 0 unspecified atom stereocenters. The maximum absolute atomic E-state index is 11.1. The van der Waals surface area contributed by atoms with Gasteiger partial charge in [0.2, 0.25) is 0 Å². The Morgan fingerprint density at radius 2 is 1.40 bits per heavy atom. The van der Waals surface area contributed by atoms with E-state index in [1.54, 1.807) is 12.1 Å². The van der Waals surface area contributed by atoms with E-state index < -0.39 is 11.9 Å². The van der Waals surface area contributed by atoms with E-state index in [1.165, 1.54) is 12.1 Å². The molecule has 0 radical (unpaired) electrons. The minimum Gasteiger partial charge on any atom is -0.478 e. The van der Waals surface area contributed by atoms with Gasteiger partial charge in [0.15, 0.2) is 0 Å². The van der Waals surface area contributed by atoms with E-state index in [0.29, 0.717) is 11.4 Å². The monoisotopic (exact) mass is 335 g/mol. The van der Waals surface area contributed by atoms with Gasteiger partial charge in [-0.25, -0.2) is 9.59 Å². The number of hydrogen-bond acceptors (Lipinski definition) is 5. The van der Waals surface area contributed by atoms with Crippen molar-refractivity contribution < 1.29 is 19.8 Å². The van der Waals surface area contributed by atoms with E-state index in [4.69, 9.17) is 15.9 Å². The Morgan fingerprint density at radius 3 is 2.00 bits per heavy atom. The number of azo groups is 1. The molecule has 25 heavy (non-hydrogen) atoms. The fourth-order valence-electron chi connectivity index (χ4n) is 2.42. The predicted octanol–water partition coefficient (Wildman–Crippen LogP) is 4.23. The first kappa shape index (κ1) is 16.1. The number of carboxylic acid groups (broad SMARTS) is 2. The third kappa shape index (κ3) is 3.30. The molecule has 0 bridgehead atoms. The van der Waals surface area contributed by atoms with Crippen LogP contribution in [0.15, 0.2) is 64.8 Å². The molecule has 0 aliphatic rings. The highest BCUT2D eigenvalue weighted by Crippen LogP contribution is 2.31. The van der Waals surface area contributed by atoms with Gasteiger partial charge >= 0.3 is 11.9 Å². The largest absolute Gasteiger partial charge is 0.478 e. The standard InChI is InChI=1S/C18H13N3O4/c19-15-5-6-16(14-4-2-1-3-13(14)15)21-20-12-8-10(17(22)23)7-11(9-12)18(24)25/h1-9H,19H2,(H,22,23)(H,24,25)/b21-20+. The maximum Gasteiger partial charge on any atom is 0.335 e. The van der Waals surface area contributed by atoms with Crippen molar-refractivity contribution in [2.24, 2.45) is 10.2 Å². The van der Waals surface area contributed by atoms with Gasteiger partial charge in [0.25, 0.3) is 0 Å². The number of hydrogen-bond donors (Lipinski definition) is 3. The summed E-state index contributed by atoms with van der Waals surface area (Å²) in [6.45, 7) is 0. The minimum atomic E-state index is -1.24. The van der Waals surface area contributed by atoms with Gasteiger partial charge in [-0.15, -0.1) is 5.11 Å². The van der Waals surface area contributed by atoms with Gasteiger partial charge in [0.05, 0.1) is 22.5 Å². The molecule has 7 heteroatoms. The molecular weight excluding hydrogens is 322 g/mol. The second-order valence-corrected chi connectivity index (χ2v) is 5.30. The minimum absolute atomic E-state index is 0.137. The fourth-order valence-corrected chi connectivity index (χ4v) is 2.42. The summed E-state index contributed by atoms with van der Waals surface area (Å²) in [6.07, 6.45) is 0. The van der Waals surface area contributed by atoms with E-state index in [2.05, 4.69) is 10.2 Å². The molecule has 0 saturated heterocycles. The van der Waals surface area contributed by atoms with Crippen molar-refractivity contribution in [3.05, 3.63) is 65.7 Å². The number of nitrogens with zero attached hydrogens (tertiary/aromatic N) is 2. The summed E-state index contributed by atoms with van der Waals surface area (Å²) in [5.41, 5.74) is 6.88. The lowest BCUT2D eigenvalue weighted by Gasteiger charge is -2.04. The first-order valence-corrected chi connectivity index (χ1v) is 7.26. The molecule has 4 N–H and O–H groups in total. The number of rotatable bonds is 4. The van der Waals surface area contributed by atoms with E-state index in [1.807, 2.05) is 24.3 Å². The smallest absolute Gasteiger partial charge is 0.335 e. The first-order valence-electron chi connectivity index (χ1n) is 7.26. The van der Waals surface area contributed by atoms with Crippen LogP contribution in [0.2, 0.25) is 0 Å². The third-order valence-electron chi connectivity index (χ3n) is 3.62. The first-order chi connectivity index (χ1) is 12.0. The Labute approximate surface area is 142 Å². The van der Waals surface area contributed by atoms with Crippen molar-refractivity contribution in [3.63, 3.8) is 0 Å². The van der Waals surface area contributed by atoms with Crippen LogP contribution in [0.3, 0.4) is 0 Å². The van der Waals surface area contributed by atoms with Crippen LogP contribution in [-0.4, -0.2) is 22.2 Å². The molecule has 0 fully saturated rings. The fraction of sp³-hybridized carbons (Fsp3) is 0. The van der Waals surface area contributed by atoms with Crippen LogP contribution in [0.25, 0.3) is 10.8 Å². The number of benzene rings is 3. The molecule has 0 aliphatic carbocycles. The van der Waals surface area contributed by atoms with Crippen LogP contribution in [0.4, 0.5) is 17.1 Å². The Balaban J connectivity index is 2.07. The molecule has 0 aromatic heterocycles. The van der Waals surface area contributed by atoms with Crippen LogP contribution in [0.1, 0.15) is 20.7 Å². The van der Waals surface area contributed by atoms with Crippen LogP contribution >= 0.6 is 0 Å². The van der Waals surface area contributed by atoms with Gasteiger partial charge in [-0.05, 0) is 30.3 Å². The molecule has 0 aliphatic heterocycles. The Morgan fingerprint density at radius 1 is 0.800 bits per heavy atom. The second kappa shape index (κ2) is 6.40. The van der Waals surface area contributed by atoms with E-state index >= 15 is 0 Å². The van der Waals surface area contributed by atoms with Crippen molar-refractivity contribution >= 4 is 39.8 Å². The van der Waals surface area contributed by atoms with Gasteiger partial charge < -0.3 is 15.9 Å². The highest BCUT2D eigenvalue weighted by molar-refractivity contribution is 6.00. The number of aromatic carboxylic acids is 2. The molecular formula is C18H13N3O4. The number of anilines is 1. The molecule has 0 amide bonds. The van der Waals surface area contributed by atoms with Gasteiger partial charge in [-0.2, -0.15) is 5.11 Å². The summed E-state index contributed by atoms with van der Waals surface area (Å²) < 4.78 is 0. The quantitative estimate of drug-likeness (QED) is 0.486. The Hall–Kier alpha value is -3.74. The van der Waals surface area contributed by atoms with E-state index in [9.17, 15) is 9.59 Å². The van der Waals surface area contributed by atoms with Gasteiger partial charge in [-0.1, -0.05) is 24.3 Å². The highest BCUT2D eigenvalue weighted by atomic mass is 16.4. The SMILES string of the molecule is Nc1ccc(/N=N/c2cc(C(=O)O)cc(C(=O)O)c2)c2ccccc12. The van der Waals surface area contributed by atoms with E-state index in [-0.39, 0.29) is 16.8 Å². The summed E-state index contributed by atoms with van der Waals surface area (Å²) in [6, 6.07) is 14.4. The number of nitrogen functional groups attached to an aromatic ring is 1. The average molecular weight is 335 g/mol. The number of fused-ring (bicyclic) bond motifs is 1. The zero-order valence-electron chi connectivity index (χ0n) is 12.9. The van der Waals surface area contributed by atoms with Crippen molar-refractivity contribution in [1.29, 1.82) is 0 Å². The number of carboxylic acids is 2. The predicted molar refractivity (Wildman–Crippen MR) is 92.9 cm³/mol. The zero-order valence-corrected chi connectivity index (χ0v) is 12.9. The number of carbonyl (C=O) groups is 2. The molecule has 7 nitrogen and oxygen atoms in total. The van der Waals surface area contributed by atoms with Crippen LogP contribution in [0.5, 0.6) is 0 Å². The van der Waals surface area contributed by atoms with Crippen LogP contribution in [-0.2, 0) is 0 Å². The zero-order chi connectivity index (χ0) is 18.0. The molecule has 0 heterocycles. The lowest BCUT2D eigenvalue weighted by Crippen LogP contribution is -2.01. The van der Waals surface area contributed by atoms with E-state index in [0.717, 1.165) is 16.8 Å². The van der Waals surface area contributed by atoms with Gasteiger partial charge in [-0.3, -0.25) is 0 Å². The van der Waals surface area contributed by atoms with Gasteiger partial charge in [0, 0.05) is 16.5 Å². The normalized spacial score (nSPS) is 11.0. The molecule has 3 aromatic carbocycles. The number of nitrogens with two attached hydrogens (primary N) is 1. The topological polar surface area (TPSA) is 125 Å². The Bertz CT molecular complexity index is 996. The summed E-state index contributed by atoms with van der Waals surface area (Å²) in [5.74, 6) is -2.48. The lowest BCUT2D eigenvalue weighted by atomic mass is 10.1. The van der Waals surface area contributed by atoms with Crippen LogP contribution in [0, 0.1) is 0 Å². The highest BCUT2D eigenvalue weighted by Gasteiger charge is 2.11. The molecule has 124 valence electrons. The van der Waals surface area contributed by atoms with Crippen molar-refractivity contribution in [1.82, 2.24) is 0 Å². The summed E-state index contributed by atoms with van der Waals surface area (Å²) >= 11 is 0.